The number of benzene rings is 1. The number of anilines is 1. The molecule has 0 radical (unpaired) electrons. The van der Waals surface area contributed by atoms with Gasteiger partial charge in [-0.15, -0.1) is 0 Å². The summed E-state index contributed by atoms with van der Waals surface area (Å²) >= 11 is 0. The minimum absolute atomic E-state index is 0.448. The SMILES string of the molecule is Nc1ccc([C@@H](O)CNCCOc2ccccc2)cn1. The quantitative estimate of drug-likeness (QED) is 0.664. The van der Waals surface area contributed by atoms with E-state index in [0.29, 0.717) is 25.5 Å². The largest absolute Gasteiger partial charge is 0.492 e. The first-order valence-corrected chi connectivity index (χ1v) is 6.54. The van der Waals surface area contributed by atoms with Gasteiger partial charge in [-0.25, -0.2) is 4.98 Å². The van der Waals surface area contributed by atoms with Crippen molar-refractivity contribution in [3.8, 4) is 5.75 Å². The maximum atomic E-state index is 9.94. The van der Waals surface area contributed by atoms with Gasteiger partial charge in [0.15, 0.2) is 0 Å². The molecule has 0 aliphatic rings. The molecule has 1 atom stereocenters. The third-order valence-corrected chi connectivity index (χ3v) is 2.82. The Morgan fingerprint density at radius 3 is 2.70 bits per heavy atom. The second kappa shape index (κ2) is 7.47. The van der Waals surface area contributed by atoms with Gasteiger partial charge in [0.05, 0.1) is 6.10 Å². The zero-order valence-electron chi connectivity index (χ0n) is 11.2. The van der Waals surface area contributed by atoms with Crippen LogP contribution in [-0.4, -0.2) is 29.8 Å². The lowest BCUT2D eigenvalue weighted by Gasteiger charge is -2.12. The molecule has 0 saturated carbocycles. The van der Waals surface area contributed by atoms with Gasteiger partial charge in [0.25, 0.3) is 0 Å². The molecule has 1 aromatic carbocycles. The molecule has 2 aromatic rings. The number of nitrogens with one attached hydrogen (secondary N) is 1. The number of aliphatic hydroxyl groups excluding tert-OH is 1. The van der Waals surface area contributed by atoms with Crippen molar-refractivity contribution >= 4 is 5.82 Å². The third kappa shape index (κ3) is 4.53. The van der Waals surface area contributed by atoms with Crippen molar-refractivity contribution in [3.05, 3.63) is 54.2 Å². The Balaban J connectivity index is 1.64. The van der Waals surface area contributed by atoms with E-state index in [1.807, 2.05) is 30.3 Å². The average molecular weight is 273 g/mol. The lowest BCUT2D eigenvalue weighted by molar-refractivity contribution is 0.171. The maximum Gasteiger partial charge on any atom is 0.123 e. The van der Waals surface area contributed by atoms with Crippen LogP contribution in [0.15, 0.2) is 48.7 Å². The zero-order chi connectivity index (χ0) is 14.2. The van der Waals surface area contributed by atoms with E-state index < -0.39 is 6.10 Å². The average Bonchev–Trinajstić information content (AvgIpc) is 2.48. The number of aromatic nitrogens is 1. The number of aliphatic hydroxyl groups is 1. The lowest BCUT2D eigenvalue weighted by atomic mass is 10.1. The summed E-state index contributed by atoms with van der Waals surface area (Å²) in [6.45, 7) is 1.66. The van der Waals surface area contributed by atoms with Crippen LogP contribution in [0.5, 0.6) is 5.75 Å². The van der Waals surface area contributed by atoms with Crippen LogP contribution >= 0.6 is 0 Å². The monoisotopic (exact) mass is 273 g/mol. The molecule has 0 aliphatic carbocycles. The highest BCUT2D eigenvalue weighted by molar-refractivity contribution is 5.30. The lowest BCUT2D eigenvalue weighted by Crippen LogP contribution is -2.26. The van der Waals surface area contributed by atoms with Gasteiger partial charge in [-0.1, -0.05) is 24.3 Å². The molecular formula is C15H19N3O2. The molecule has 0 fully saturated rings. The molecule has 5 heteroatoms. The fourth-order valence-electron chi connectivity index (χ4n) is 1.73. The van der Waals surface area contributed by atoms with Crippen LogP contribution in [0, 0.1) is 0 Å². The van der Waals surface area contributed by atoms with Crippen LogP contribution in [0.4, 0.5) is 5.82 Å². The molecule has 0 amide bonds. The second-order valence-electron chi connectivity index (χ2n) is 4.40. The maximum absolute atomic E-state index is 9.94. The molecule has 0 saturated heterocycles. The molecule has 4 N–H and O–H groups in total. The van der Waals surface area contributed by atoms with Gasteiger partial charge in [0, 0.05) is 24.8 Å². The van der Waals surface area contributed by atoms with Crippen molar-refractivity contribution in [3.63, 3.8) is 0 Å². The summed E-state index contributed by atoms with van der Waals surface area (Å²) in [5, 5.41) is 13.1. The summed E-state index contributed by atoms with van der Waals surface area (Å²) in [5.74, 6) is 1.29. The molecule has 2 rings (SSSR count). The summed E-state index contributed by atoms with van der Waals surface area (Å²) in [6, 6.07) is 13.1. The number of hydrogen-bond acceptors (Lipinski definition) is 5. The molecule has 0 unspecified atom stereocenters. The molecule has 0 aliphatic heterocycles. The van der Waals surface area contributed by atoms with Crippen LogP contribution in [0.25, 0.3) is 0 Å². The van der Waals surface area contributed by atoms with E-state index >= 15 is 0 Å². The van der Waals surface area contributed by atoms with E-state index in [0.717, 1.165) is 11.3 Å². The van der Waals surface area contributed by atoms with Crippen LogP contribution in [0.3, 0.4) is 0 Å². The highest BCUT2D eigenvalue weighted by atomic mass is 16.5. The number of pyridine rings is 1. The molecule has 106 valence electrons. The minimum Gasteiger partial charge on any atom is -0.492 e. The number of nitrogens with zero attached hydrogens (tertiary/aromatic N) is 1. The first-order chi connectivity index (χ1) is 9.75. The number of nitrogens with two attached hydrogens (primary N) is 1. The standard InChI is InChI=1S/C15H19N3O2/c16-15-7-6-12(10-18-15)14(19)11-17-8-9-20-13-4-2-1-3-5-13/h1-7,10,14,17,19H,8-9,11H2,(H2,16,18)/t14-/m0/s1. The normalized spacial score (nSPS) is 12.1. The smallest absolute Gasteiger partial charge is 0.123 e. The summed E-state index contributed by atoms with van der Waals surface area (Å²) in [4.78, 5) is 3.95. The first-order valence-electron chi connectivity index (χ1n) is 6.54. The van der Waals surface area contributed by atoms with E-state index in [-0.39, 0.29) is 0 Å². The van der Waals surface area contributed by atoms with Gasteiger partial charge < -0.3 is 20.9 Å². The van der Waals surface area contributed by atoms with E-state index in [9.17, 15) is 5.11 Å². The predicted molar refractivity (Wildman–Crippen MR) is 78.4 cm³/mol. The fraction of sp³-hybridized carbons (Fsp3) is 0.267. The summed E-state index contributed by atoms with van der Waals surface area (Å²) in [6.07, 6.45) is 0.988. The van der Waals surface area contributed by atoms with Crippen LogP contribution in [0.2, 0.25) is 0 Å². The zero-order valence-corrected chi connectivity index (χ0v) is 11.2. The number of para-hydroxylation sites is 1. The van der Waals surface area contributed by atoms with Crippen molar-refractivity contribution in [1.29, 1.82) is 0 Å². The Labute approximate surface area is 118 Å². The molecule has 0 spiro atoms. The fourth-order valence-corrected chi connectivity index (χ4v) is 1.73. The van der Waals surface area contributed by atoms with Gasteiger partial charge in [0.2, 0.25) is 0 Å². The molecule has 1 aromatic heterocycles. The summed E-state index contributed by atoms with van der Waals surface area (Å²) < 4.78 is 5.54. The Hall–Kier alpha value is -2.11. The van der Waals surface area contributed by atoms with E-state index in [2.05, 4.69) is 10.3 Å². The molecule has 20 heavy (non-hydrogen) atoms. The van der Waals surface area contributed by atoms with Crippen LogP contribution in [0.1, 0.15) is 11.7 Å². The minimum atomic E-state index is -0.597. The van der Waals surface area contributed by atoms with Crippen LogP contribution in [-0.2, 0) is 0 Å². The van der Waals surface area contributed by atoms with Crippen molar-refractivity contribution in [2.24, 2.45) is 0 Å². The predicted octanol–water partition coefficient (Wildman–Crippen LogP) is 1.37. The Bertz CT molecular complexity index is 502. The third-order valence-electron chi connectivity index (χ3n) is 2.82. The van der Waals surface area contributed by atoms with E-state index in [1.165, 1.54) is 0 Å². The summed E-state index contributed by atoms with van der Waals surface area (Å²) in [7, 11) is 0. The van der Waals surface area contributed by atoms with Gasteiger partial charge in [-0.3, -0.25) is 0 Å². The summed E-state index contributed by atoms with van der Waals surface area (Å²) in [5.41, 5.74) is 6.24. The molecule has 5 nitrogen and oxygen atoms in total. The molecule has 0 bridgehead atoms. The van der Waals surface area contributed by atoms with Gasteiger partial charge >= 0.3 is 0 Å². The van der Waals surface area contributed by atoms with E-state index in [1.54, 1.807) is 18.3 Å². The second-order valence-corrected chi connectivity index (χ2v) is 4.40. The van der Waals surface area contributed by atoms with Gasteiger partial charge in [-0.05, 0) is 18.2 Å². The highest BCUT2D eigenvalue weighted by Gasteiger charge is 2.06. The van der Waals surface area contributed by atoms with E-state index in [4.69, 9.17) is 10.5 Å². The molecular weight excluding hydrogens is 254 g/mol. The van der Waals surface area contributed by atoms with Crippen molar-refractivity contribution in [1.82, 2.24) is 10.3 Å². The number of hydrogen-bond donors (Lipinski definition) is 3. The van der Waals surface area contributed by atoms with Crippen molar-refractivity contribution in [2.45, 2.75) is 6.10 Å². The Morgan fingerprint density at radius 1 is 1.20 bits per heavy atom. The van der Waals surface area contributed by atoms with Crippen molar-refractivity contribution < 1.29 is 9.84 Å². The number of nitrogen functional groups attached to an aromatic ring is 1. The Kier molecular flexibility index (Phi) is 5.34. The van der Waals surface area contributed by atoms with Crippen LogP contribution < -0.4 is 15.8 Å². The first kappa shape index (κ1) is 14.3. The topological polar surface area (TPSA) is 80.4 Å². The number of rotatable bonds is 7. The Morgan fingerprint density at radius 2 is 2.00 bits per heavy atom. The van der Waals surface area contributed by atoms with Gasteiger partial charge in [-0.2, -0.15) is 0 Å². The van der Waals surface area contributed by atoms with Crippen molar-refractivity contribution in [2.75, 3.05) is 25.4 Å². The molecule has 1 heterocycles. The van der Waals surface area contributed by atoms with Gasteiger partial charge in [0.1, 0.15) is 18.2 Å². The number of ether oxygens (including phenoxy) is 1. The highest BCUT2D eigenvalue weighted by Crippen LogP contribution is 2.11.